The molecule has 4 heteroatoms. The minimum Gasteiger partial charge on any atom is -0.393 e. The van der Waals surface area contributed by atoms with Crippen molar-refractivity contribution in [3.05, 3.63) is 0 Å². The van der Waals surface area contributed by atoms with E-state index in [2.05, 4.69) is 12.2 Å². The molecular formula is C13H26N2O2. The molecule has 1 aliphatic carbocycles. The van der Waals surface area contributed by atoms with E-state index in [9.17, 15) is 9.90 Å². The Morgan fingerprint density at radius 3 is 2.82 bits per heavy atom. The minimum atomic E-state index is -0.393. The highest BCUT2D eigenvalue weighted by molar-refractivity contribution is 5.81. The van der Waals surface area contributed by atoms with Gasteiger partial charge >= 0.3 is 0 Å². The molecule has 1 aliphatic rings. The van der Waals surface area contributed by atoms with Crippen LogP contribution in [0.2, 0.25) is 0 Å². The van der Waals surface area contributed by atoms with Gasteiger partial charge in [-0.2, -0.15) is 0 Å². The van der Waals surface area contributed by atoms with Crippen LogP contribution < -0.4 is 11.1 Å². The van der Waals surface area contributed by atoms with Crippen molar-refractivity contribution in [3.8, 4) is 0 Å². The molecule has 0 aromatic heterocycles. The normalized spacial score (nSPS) is 26.5. The van der Waals surface area contributed by atoms with Crippen molar-refractivity contribution in [1.29, 1.82) is 0 Å². The number of rotatable bonds is 6. The highest BCUT2D eigenvalue weighted by Crippen LogP contribution is 2.23. The molecule has 3 unspecified atom stereocenters. The average Bonchev–Trinajstić information content (AvgIpc) is 2.34. The molecule has 1 saturated carbocycles. The van der Waals surface area contributed by atoms with Gasteiger partial charge in [-0.25, -0.2) is 0 Å². The molecule has 0 aromatic rings. The second-order valence-corrected chi connectivity index (χ2v) is 5.11. The third-order valence-corrected chi connectivity index (χ3v) is 3.61. The Hall–Kier alpha value is -0.610. The third-order valence-electron chi connectivity index (χ3n) is 3.61. The summed E-state index contributed by atoms with van der Waals surface area (Å²) in [4.78, 5) is 11.7. The van der Waals surface area contributed by atoms with E-state index in [1.54, 1.807) is 0 Å². The average molecular weight is 242 g/mol. The summed E-state index contributed by atoms with van der Waals surface area (Å²) in [6.45, 7) is 2.66. The van der Waals surface area contributed by atoms with Gasteiger partial charge in [-0.3, -0.25) is 4.79 Å². The van der Waals surface area contributed by atoms with Gasteiger partial charge in [0.05, 0.1) is 12.1 Å². The maximum Gasteiger partial charge on any atom is 0.236 e. The van der Waals surface area contributed by atoms with Gasteiger partial charge in [0.25, 0.3) is 0 Å². The fourth-order valence-electron chi connectivity index (χ4n) is 2.34. The van der Waals surface area contributed by atoms with E-state index >= 15 is 0 Å². The first kappa shape index (κ1) is 14.5. The number of unbranched alkanes of at least 4 members (excludes halogenated alkanes) is 1. The molecule has 0 spiro atoms. The fraction of sp³-hybridized carbons (Fsp3) is 0.923. The summed E-state index contributed by atoms with van der Waals surface area (Å²) >= 11 is 0. The molecule has 1 amide bonds. The number of hydrogen-bond donors (Lipinski definition) is 3. The van der Waals surface area contributed by atoms with Crippen LogP contribution in [0.25, 0.3) is 0 Å². The number of carbonyl (C=O) groups excluding carboxylic acids is 1. The van der Waals surface area contributed by atoms with Crippen LogP contribution in [-0.2, 0) is 4.79 Å². The summed E-state index contributed by atoms with van der Waals surface area (Å²) in [7, 11) is 0. The zero-order valence-corrected chi connectivity index (χ0v) is 10.8. The van der Waals surface area contributed by atoms with Crippen molar-refractivity contribution in [2.75, 3.05) is 6.54 Å². The summed E-state index contributed by atoms with van der Waals surface area (Å²) in [5.74, 6) is 0.141. The topological polar surface area (TPSA) is 75.4 Å². The molecule has 100 valence electrons. The molecule has 1 fully saturated rings. The van der Waals surface area contributed by atoms with Crippen molar-refractivity contribution in [2.45, 2.75) is 64.0 Å². The molecule has 0 saturated heterocycles. The number of carbonyl (C=O) groups is 1. The van der Waals surface area contributed by atoms with Gasteiger partial charge in [0.15, 0.2) is 0 Å². The number of aliphatic hydroxyl groups excluding tert-OH is 1. The highest BCUT2D eigenvalue weighted by atomic mass is 16.3. The van der Waals surface area contributed by atoms with Crippen molar-refractivity contribution in [3.63, 3.8) is 0 Å². The minimum absolute atomic E-state index is 0.0729. The third kappa shape index (κ3) is 5.04. The van der Waals surface area contributed by atoms with Crippen molar-refractivity contribution in [2.24, 2.45) is 11.7 Å². The van der Waals surface area contributed by atoms with Crippen LogP contribution in [-0.4, -0.2) is 29.7 Å². The summed E-state index contributed by atoms with van der Waals surface area (Å²) in [5, 5.41) is 12.6. The predicted molar refractivity (Wildman–Crippen MR) is 68.5 cm³/mol. The first-order valence-corrected chi connectivity index (χ1v) is 6.86. The predicted octanol–water partition coefficient (Wildman–Crippen LogP) is 1.17. The lowest BCUT2D eigenvalue weighted by atomic mass is 9.86. The molecule has 0 heterocycles. The second-order valence-electron chi connectivity index (χ2n) is 5.11. The van der Waals surface area contributed by atoms with Gasteiger partial charge in [0.1, 0.15) is 0 Å². The van der Waals surface area contributed by atoms with Crippen LogP contribution >= 0.6 is 0 Å². The smallest absolute Gasteiger partial charge is 0.236 e. The largest absolute Gasteiger partial charge is 0.393 e. The number of nitrogens with two attached hydrogens (primary N) is 1. The van der Waals surface area contributed by atoms with Crippen molar-refractivity contribution < 1.29 is 9.90 Å². The molecule has 4 nitrogen and oxygen atoms in total. The number of nitrogens with one attached hydrogen (secondary N) is 1. The lowest BCUT2D eigenvalue weighted by Crippen LogP contribution is -2.44. The summed E-state index contributed by atoms with van der Waals surface area (Å²) in [6.07, 6.45) is 6.66. The summed E-state index contributed by atoms with van der Waals surface area (Å²) in [5.41, 5.74) is 5.78. The van der Waals surface area contributed by atoms with E-state index in [0.29, 0.717) is 6.54 Å². The molecule has 4 N–H and O–H groups in total. The molecular weight excluding hydrogens is 216 g/mol. The van der Waals surface area contributed by atoms with Crippen LogP contribution in [0.15, 0.2) is 0 Å². The van der Waals surface area contributed by atoms with Gasteiger partial charge in [-0.05, 0) is 19.3 Å². The van der Waals surface area contributed by atoms with Crippen molar-refractivity contribution in [1.82, 2.24) is 5.32 Å². The van der Waals surface area contributed by atoms with Gasteiger partial charge in [0, 0.05) is 12.5 Å². The lowest BCUT2D eigenvalue weighted by molar-refractivity contribution is -0.123. The van der Waals surface area contributed by atoms with Crippen molar-refractivity contribution >= 4 is 5.91 Å². The van der Waals surface area contributed by atoms with Crippen LogP contribution in [0.5, 0.6) is 0 Å². The zero-order valence-electron chi connectivity index (χ0n) is 10.8. The van der Waals surface area contributed by atoms with E-state index < -0.39 is 6.04 Å². The SMILES string of the molecule is CCCCC(N)C(=O)NCC1CCCCC1O. The van der Waals surface area contributed by atoms with E-state index in [0.717, 1.165) is 44.9 Å². The second kappa shape index (κ2) is 7.67. The first-order chi connectivity index (χ1) is 8.15. The van der Waals surface area contributed by atoms with E-state index in [-0.39, 0.29) is 17.9 Å². The Bertz CT molecular complexity index is 233. The van der Waals surface area contributed by atoms with Gasteiger partial charge in [0.2, 0.25) is 5.91 Å². The number of aliphatic hydroxyl groups is 1. The van der Waals surface area contributed by atoms with Crippen LogP contribution in [0.4, 0.5) is 0 Å². The molecule has 0 aromatic carbocycles. The molecule has 3 atom stereocenters. The molecule has 1 rings (SSSR count). The zero-order chi connectivity index (χ0) is 12.7. The Morgan fingerprint density at radius 2 is 2.18 bits per heavy atom. The maximum absolute atomic E-state index is 11.7. The number of amides is 1. The Kier molecular flexibility index (Phi) is 6.52. The van der Waals surface area contributed by atoms with Crippen LogP contribution in [0.1, 0.15) is 51.9 Å². The first-order valence-electron chi connectivity index (χ1n) is 6.86. The van der Waals surface area contributed by atoms with E-state index in [1.807, 2.05) is 0 Å². The van der Waals surface area contributed by atoms with Gasteiger partial charge in [-0.1, -0.05) is 32.6 Å². The standard InChI is InChI=1S/C13H26N2O2/c1-2-3-7-11(14)13(17)15-9-10-6-4-5-8-12(10)16/h10-12,16H,2-9,14H2,1H3,(H,15,17). The summed E-state index contributed by atoms with van der Waals surface area (Å²) < 4.78 is 0. The maximum atomic E-state index is 11.7. The fourth-order valence-corrected chi connectivity index (χ4v) is 2.34. The molecule has 0 radical (unpaired) electrons. The highest BCUT2D eigenvalue weighted by Gasteiger charge is 2.24. The Labute approximate surface area is 104 Å². The molecule has 0 aliphatic heterocycles. The van der Waals surface area contributed by atoms with Crippen LogP contribution in [0.3, 0.4) is 0 Å². The monoisotopic (exact) mass is 242 g/mol. The quantitative estimate of drug-likeness (QED) is 0.654. The van der Waals surface area contributed by atoms with Crippen LogP contribution in [0, 0.1) is 5.92 Å². The molecule has 17 heavy (non-hydrogen) atoms. The van der Waals surface area contributed by atoms with Gasteiger partial charge < -0.3 is 16.2 Å². The summed E-state index contributed by atoms with van der Waals surface area (Å²) in [6, 6.07) is -0.393. The number of hydrogen-bond acceptors (Lipinski definition) is 3. The van der Waals surface area contributed by atoms with E-state index in [1.165, 1.54) is 0 Å². The lowest BCUT2D eigenvalue weighted by Gasteiger charge is -2.28. The van der Waals surface area contributed by atoms with E-state index in [4.69, 9.17) is 5.73 Å². The van der Waals surface area contributed by atoms with Gasteiger partial charge in [-0.15, -0.1) is 0 Å². The molecule has 0 bridgehead atoms. The Morgan fingerprint density at radius 1 is 1.47 bits per heavy atom. The Balaban J connectivity index is 2.22.